The lowest BCUT2D eigenvalue weighted by Crippen LogP contribution is -2.01. The summed E-state index contributed by atoms with van der Waals surface area (Å²) in [5, 5.41) is 2.56. The van der Waals surface area contributed by atoms with Crippen LogP contribution in [0.5, 0.6) is 0 Å². The SMILES string of the molecule is NCc1ccc2ccn(Cc3c(Cl)cccc3Cl)c2c1. The largest absolute Gasteiger partial charge is 0.343 e. The maximum Gasteiger partial charge on any atom is 0.0505 e. The summed E-state index contributed by atoms with van der Waals surface area (Å²) in [6, 6.07) is 13.9. The number of benzene rings is 2. The number of fused-ring (bicyclic) bond motifs is 1. The first-order chi connectivity index (χ1) is 9.69. The predicted molar refractivity (Wildman–Crippen MR) is 85.4 cm³/mol. The second kappa shape index (κ2) is 5.49. The van der Waals surface area contributed by atoms with Gasteiger partial charge in [-0.05, 0) is 35.2 Å². The third-order valence-electron chi connectivity index (χ3n) is 3.46. The summed E-state index contributed by atoms with van der Waals surface area (Å²) in [6.45, 7) is 1.18. The molecular formula is C16H14Cl2N2. The molecule has 0 saturated carbocycles. The molecule has 0 aliphatic rings. The van der Waals surface area contributed by atoms with Gasteiger partial charge in [-0.25, -0.2) is 0 Å². The van der Waals surface area contributed by atoms with Crippen molar-refractivity contribution < 1.29 is 0 Å². The molecule has 4 heteroatoms. The Balaban J connectivity index is 2.06. The summed E-state index contributed by atoms with van der Waals surface area (Å²) in [6.07, 6.45) is 2.05. The highest BCUT2D eigenvalue weighted by atomic mass is 35.5. The Morgan fingerprint density at radius 3 is 2.45 bits per heavy atom. The molecule has 20 heavy (non-hydrogen) atoms. The van der Waals surface area contributed by atoms with Crippen LogP contribution in [0.4, 0.5) is 0 Å². The lowest BCUT2D eigenvalue weighted by Gasteiger charge is -2.10. The van der Waals surface area contributed by atoms with Gasteiger partial charge in [-0.3, -0.25) is 0 Å². The Hall–Kier alpha value is -1.48. The molecule has 2 N–H and O–H groups in total. The first-order valence-electron chi connectivity index (χ1n) is 6.40. The van der Waals surface area contributed by atoms with Crippen molar-refractivity contribution in [2.45, 2.75) is 13.1 Å². The van der Waals surface area contributed by atoms with E-state index >= 15 is 0 Å². The van der Waals surface area contributed by atoms with Crippen LogP contribution in [0.3, 0.4) is 0 Å². The molecule has 0 aliphatic heterocycles. The van der Waals surface area contributed by atoms with Crippen LogP contribution in [0.1, 0.15) is 11.1 Å². The number of nitrogens with zero attached hydrogens (tertiary/aromatic N) is 1. The predicted octanol–water partition coefficient (Wildman–Crippen LogP) is 4.46. The van der Waals surface area contributed by atoms with Crippen LogP contribution in [0.15, 0.2) is 48.7 Å². The minimum atomic E-state index is 0.536. The fraction of sp³-hybridized carbons (Fsp3) is 0.125. The zero-order valence-corrected chi connectivity index (χ0v) is 12.3. The van der Waals surface area contributed by atoms with Gasteiger partial charge in [0.2, 0.25) is 0 Å². The van der Waals surface area contributed by atoms with Gasteiger partial charge < -0.3 is 10.3 Å². The molecule has 3 aromatic rings. The second-order valence-electron chi connectivity index (χ2n) is 4.74. The van der Waals surface area contributed by atoms with Crippen molar-refractivity contribution in [2.24, 2.45) is 5.73 Å². The van der Waals surface area contributed by atoms with Crippen molar-refractivity contribution in [3.63, 3.8) is 0 Å². The molecule has 0 atom stereocenters. The highest BCUT2D eigenvalue weighted by Gasteiger charge is 2.08. The van der Waals surface area contributed by atoms with Crippen molar-refractivity contribution in [3.05, 3.63) is 69.8 Å². The van der Waals surface area contributed by atoms with E-state index in [1.807, 2.05) is 24.4 Å². The molecule has 0 unspecified atom stereocenters. The van der Waals surface area contributed by atoms with Crippen LogP contribution in [0.2, 0.25) is 10.0 Å². The minimum Gasteiger partial charge on any atom is -0.343 e. The van der Waals surface area contributed by atoms with E-state index in [9.17, 15) is 0 Å². The van der Waals surface area contributed by atoms with Crippen molar-refractivity contribution >= 4 is 34.1 Å². The van der Waals surface area contributed by atoms with Crippen LogP contribution >= 0.6 is 23.2 Å². The zero-order valence-electron chi connectivity index (χ0n) is 10.8. The van der Waals surface area contributed by atoms with E-state index in [0.29, 0.717) is 23.1 Å². The first kappa shape index (κ1) is 13.5. The van der Waals surface area contributed by atoms with Gasteiger partial charge in [0.25, 0.3) is 0 Å². The molecule has 0 fully saturated rings. The number of halogens is 2. The van der Waals surface area contributed by atoms with Gasteiger partial charge in [-0.15, -0.1) is 0 Å². The average molecular weight is 305 g/mol. The van der Waals surface area contributed by atoms with Crippen LogP contribution in [0, 0.1) is 0 Å². The topological polar surface area (TPSA) is 30.9 Å². The van der Waals surface area contributed by atoms with Gasteiger partial charge in [-0.2, -0.15) is 0 Å². The molecule has 0 saturated heterocycles. The third-order valence-corrected chi connectivity index (χ3v) is 4.17. The molecule has 1 aromatic heterocycles. The number of nitrogens with two attached hydrogens (primary N) is 1. The fourth-order valence-electron chi connectivity index (χ4n) is 2.35. The summed E-state index contributed by atoms with van der Waals surface area (Å²) in [4.78, 5) is 0. The Labute approximate surface area is 127 Å². The van der Waals surface area contributed by atoms with Crippen molar-refractivity contribution in [3.8, 4) is 0 Å². The van der Waals surface area contributed by atoms with Gasteiger partial charge in [0.15, 0.2) is 0 Å². The highest BCUT2D eigenvalue weighted by Crippen LogP contribution is 2.27. The molecule has 0 spiro atoms. The average Bonchev–Trinajstić information content (AvgIpc) is 2.85. The summed E-state index contributed by atoms with van der Waals surface area (Å²) in [7, 11) is 0. The van der Waals surface area contributed by atoms with Gasteiger partial charge in [0.05, 0.1) is 6.54 Å². The third kappa shape index (κ3) is 2.42. The lowest BCUT2D eigenvalue weighted by atomic mass is 10.1. The molecule has 0 bridgehead atoms. The number of hydrogen-bond acceptors (Lipinski definition) is 1. The van der Waals surface area contributed by atoms with Gasteiger partial charge in [0.1, 0.15) is 0 Å². The van der Waals surface area contributed by atoms with Gasteiger partial charge >= 0.3 is 0 Å². The standard InChI is InChI=1S/C16H14Cl2N2/c17-14-2-1-3-15(18)13(14)10-20-7-6-12-5-4-11(9-19)8-16(12)20/h1-8H,9-10,19H2. The minimum absolute atomic E-state index is 0.536. The Kier molecular flexibility index (Phi) is 3.70. The molecule has 2 nitrogen and oxygen atoms in total. The Morgan fingerprint density at radius 1 is 1.00 bits per heavy atom. The Bertz CT molecular complexity index is 742. The summed E-state index contributed by atoms with van der Waals surface area (Å²) >= 11 is 12.5. The van der Waals surface area contributed by atoms with Crippen LogP contribution in [-0.2, 0) is 13.1 Å². The number of aromatic nitrogens is 1. The molecular weight excluding hydrogens is 291 g/mol. The Morgan fingerprint density at radius 2 is 1.75 bits per heavy atom. The summed E-state index contributed by atoms with van der Waals surface area (Å²) in [5.41, 5.74) is 8.90. The van der Waals surface area contributed by atoms with Crippen LogP contribution < -0.4 is 5.73 Å². The lowest BCUT2D eigenvalue weighted by molar-refractivity contribution is 0.836. The van der Waals surface area contributed by atoms with E-state index in [1.54, 1.807) is 0 Å². The molecule has 0 aliphatic carbocycles. The van der Waals surface area contributed by atoms with Gasteiger partial charge in [-0.1, -0.05) is 41.4 Å². The summed E-state index contributed by atoms with van der Waals surface area (Å²) < 4.78 is 2.14. The van der Waals surface area contributed by atoms with E-state index in [0.717, 1.165) is 16.6 Å². The maximum atomic E-state index is 6.24. The van der Waals surface area contributed by atoms with Crippen LogP contribution in [-0.4, -0.2) is 4.57 Å². The monoisotopic (exact) mass is 304 g/mol. The van der Waals surface area contributed by atoms with Crippen molar-refractivity contribution in [1.29, 1.82) is 0 Å². The van der Waals surface area contributed by atoms with E-state index in [1.165, 1.54) is 5.39 Å². The molecule has 102 valence electrons. The van der Waals surface area contributed by atoms with E-state index in [2.05, 4.69) is 28.8 Å². The molecule has 0 amide bonds. The second-order valence-corrected chi connectivity index (χ2v) is 5.56. The van der Waals surface area contributed by atoms with Crippen LogP contribution in [0.25, 0.3) is 10.9 Å². The number of rotatable bonds is 3. The maximum absolute atomic E-state index is 6.24. The van der Waals surface area contributed by atoms with Gasteiger partial charge in [0, 0.05) is 33.9 Å². The fourth-order valence-corrected chi connectivity index (χ4v) is 2.87. The first-order valence-corrected chi connectivity index (χ1v) is 7.15. The molecule has 1 heterocycles. The molecule has 3 rings (SSSR count). The van der Waals surface area contributed by atoms with E-state index in [-0.39, 0.29) is 0 Å². The highest BCUT2D eigenvalue weighted by molar-refractivity contribution is 6.36. The van der Waals surface area contributed by atoms with E-state index in [4.69, 9.17) is 28.9 Å². The zero-order chi connectivity index (χ0) is 14.1. The van der Waals surface area contributed by atoms with E-state index < -0.39 is 0 Å². The number of hydrogen-bond donors (Lipinski definition) is 1. The molecule has 2 aromatic carbocycles. The smallest absolute Gasteiger partial charge is 0.0505 e. The molecule has 0 radical (unpaired) electrons. The normalized spacial score (nSPS) is 11.2. The van der Waals surface area contributed by atoms with Crippen molar-refractivity contribution in [2.75, 3.05) is 0 Å². The quantitative estimate of drug-likeness (QED) is 0.761. The summed E-state index contributed by atoms with van der Waals surface area (Å²) in [5.74, 6) is 0. The van der Waals surface area contributed by atoms with Crippen molar-refractivity contribution in [1.82, 2.24) is 4.57 Å².